The average molecular weight is 410 g/mol. The number of amides is 2. The highest BCUT2D eigenvalue weighted by molar-refractivity contribution is 7.16. The number of nitrogens with zero attached hydrogens (tertiary/aromatic N) is 2. The fraction of sp³-hybridized carbons (Fsp3) is 0.333. The first-order valence-electron chi connectivity index (χ1n) is 9.74. The van der Waals surface area contributed by atoms with Crippen molar-refractivity contribution >= 4 is 39.1 Å². The summed E-state index contributed by atoms with van der Waals surface area (Å²) in [6.07, 6.45) is 5.84. The van der Waals surface area contributed by atoms with Crippen molar-refractivity contribution in [2.75, 3.05) is 5.32 Å². The molecule has 2 heterocycles. The van der Waals surface area contributed by atoms with Gasteiger partial charge in [0.15, 0.2) is 0 Å². The van der Waals surface area contributed by atoms with Crippen LogP contribution in [0.3, 0.4) is 0 Å². The molecule has 1 fully saturated rings. The first-order valence-corrected chi connectivity index (χ1v) is 10.6. The van der Waals surface area contributed by atoms with E-state index in [9.17, 15) is 14.4 Å². The van der Waals surface area contributed by atoms with Crippen molar-refractivity contribution in [3.05, 3.63) is 58.0 Å². The van der Waals surface area contributed by atoms with Crippen molar-refractivity contribution < 1.29 is 9.59 Å². The second-order valence-electron chi connectivity index (χ2n) is 7.18. The summed E-state index contributed by atoms with van der Waals surface area (Å²) in [6.45, 7) is 0.222. The minimum atomic E-state index is -0.261. The van der Waals surface area contributed by atoms with Gasteiger partial charge in [-0.2, -0.15) is 0 Å². The molecule has 1 aliphatic carbocycles. The molecular weight excluding hydrogens is 388 g/mol. The number of para-hydroxylation sites is 1. The molecule has 4 rings (SSSR count). The first-order chi connectivity index (χ1) is 14.1. The first kappa shape index (κ1) is 19.3. The molecule has 0 radical (unpaired) electrons. The van der Waals surface area contributed by atoms with E-state index >= 15 is 0 Å². The number of benzene rings is 1. The Hall–Kier alpha value is -3.00. The van der Waals surface area contributed by atoms with Crippen molar-refractivity contribution in [1.29, 1.82) is 0 Å². The molecule has 0 atom stereocenters. The van der Waals surface area contributed by atoms with Crippen LogP contribution >= 0.6 is 11.3 Å². The largest absolute Gasteiger partial charge is 0.349 e. The summed E-state index contributed by atoms with van der Waals surface area (Å²) in [6, 6.07) is 8.93. The van der Waals surface area contributed by atoms with Crippen LogP contribution in [0.25, 0.3) is 10.2 Å². The van der Waals surface area contributed by atoms with E-state index in [1.807, 2.05) is 5.38 Å². The van der Waals surface area contributed by atoms with E-state index in [0.717, 1.165) is 25.7 Å². The highest BCUT2D eigenvalue weighted by Gasteiger charge is 2.20. The molecule has 150 valence electrons. The van der Waals surface area contributed by atoms with E-state index in [4.69, 9.17) is 0 Å². The van der Waals surface area contributed by atoms with Crippen LogP contribution in [-0.4, -0.2) is 27.4 Å². The third-order valence-electron chi connectivity index (χ3n) is 5.17. The number of carbonyl (C=O) groups is 2. The third kappa shape index (κ3) is 4.37. The van der Waals surface area contributed by atoms with E-state index in [0.29, 0.717) is 21.5 Å². The molecule has 29 heavy (non-hydrogen) atoms. The predicted molar refractivity (Wildman–Crippen MR) is 113 cm³/mol. The molecular formula is C21H22N4O3S. The van der Waals surface area contributed by atoms with Gasteiger partial charge in [-0.15, -0.1) is 11.3 Å². The Labute approximate surface area is 171 Å². The van der Waals surface area contributed by atoms with Gasteiger partial charge in [0.05, 0.1) is 23.0 Å². The van der Waals surface area contributed by atoms with Gasteiger partial charge in [0, 0.05) is 19.0 Å². The van der Waals surface area contributed by atoms with Crippen LogP contribution in [0.1, 0.15) is 42.5 Å². The van der Waals surface area contributed by atoms with Crippen LogP contribution in [0.5, 0.6) is 0 Å². The zero-order valence-corrected chi connectivity index (χ0v) is 16.7. The monoisotopic (exact) mass is 410 g/mol. The van der Waals surface area contributed by atoms with Crippen molar-refractivity contribution in [2.24, 2.45) is 0 Å². The normalized spacial score (nSPS) is 14.2. The van der Waals surface area contributed by atoms with E-state index < -0.39 is 0 Å². The van der Waals surface area contributed by atoms with Crippen LogP contribution in [0.2, 0.25) is 0 Å². The van der Waals surface area contributed by atoms with Crippen molar-refractivity contribution in [3.8, 4) is 0 Å². The zero-order valence-electron chi connectivity index (χ0n) is 15.9. The lowest BCUT2D eigenvalue weighted by atomic mass is 10.1. The number of fused-ring (bicyclic) bond motifs is 1. The lowest BCUT2D eigenvalue weighted by Crippen LogP contribution is -2.33. The molecule has 8 heteroatoms. The van der Waals surface area contributed by atoms with Gasteiger partial charge < -0.3 is 10.6 Å². The van der Waals surface area contributed by atoms with E-state index in [2.05, 4.69) is 15.6 Å². The summed E-state index contributed by atoms with van der Waals surface area (Å²) in [5, 5.41) is 8.24. The topological polar surface area (TPSA) is 93.1 Å². The number of hydrogen-bond acceptors (Lipinski definition) is 5. The molecule has 0 unspecified atom stereocenters. The molecule has 7 nitrogen and oxygen atoms in total. The Morgan fingerprint density at radius 2 is 1.97 bits per heavy atom. The Morgan fingerprint density at radius 1 is 1.17 bits per heavy atom. The van der Waals surface area contributed by atoms with E-state index in [1.54, 1.807) is 30.3 Å². The molecule has 2 amide bonds. The third-order valence-corrected chi connectivity index (χ3v) is 5.99. The van der Waals surface area contributed by atoms with Gasteiger partial charge in [0.25, 0.3) is 11.5 Å². The quantitative estimate of drug-likeness (QED) is 0.653. The standard InChI is InChI=1S/C21H22N4O3S/c26-18(9-11-25-13-22-20-16(21(25)28)10-12-29-20)24-17-8-4-3-7-15(17)19(27)23-14-5-1-2-6-14/h3-4,7-8,10,12-14H,1-2,5-6,9,11H2,(H,23,27)(H,24,26). The van der Waals surface area contributed by atoms with Crippen LogP contribution in [-0.2, 0) is 11.3 Å². The van der Waals surface area contributed by atoms with Crippen molar-refractivity contribution in [2.45, 2.75) is 44.7 Å². The molecule has 0 bridgehead atoms. The highest BCUT2D eigenvalue weighted by Crippen LogP contribution is 2.20. The van der Waals surface area contributed by atoms with Gasteiger partial charge in [0.2, 0.25) is 5.91 Å². The smallest absolute Gasteiger partial charge is 0.262 e. The number of aryl methyl sites for hydroxylation is 1. The van der Waals surface area contributed by atoms with Gasteiger partial charge in [-0.1, -0.05) is 25.0 Å². The fourth-order valence-electron chi connectivity index (χ4n) is 3.61. The van der Waals surface area contributed by atoms with Crippen LogP contribution in [0.4, 0.5) is 5.69 Å². The molecule has 1 aromatic carbocycles. The van der Waals surface area contributed by atoms with Gasteiger partial charge in [-0.25, -0.2) is 4.98 Å². The second-order valence-corrected chi connectivity index (χ2v) is 8.08. The Bertz CT molecular complexity index is 1100. The average Bonchev–Trinajstić information content (AvgIpc) is 3.40. The van der Waals surface area contributed by atoms with Crippen LogP contribution in [0.15, 0.2) is 46.8 Å². The zero-order chi connectivity index (χ0) is 20.2. The number of anilines is 1. The number of rotatable bonds is 6. The van der Waals surface area contributed by atoms with E-state index in [1.165, 1.54) is 22.2 Å². The molecule has 2 aromatic heterocycles. The summed E-state index contributed by atoms with van der Waals surface area (Å²) >= 11 is 1.41. The SMILES string of the molecule is O=C(CCn1cnc2sccc2c1=O)Nc1ccccc1C(=O)NC1CCCC1. The fourth-order valence-corrected chi connectivity index (χ4v) is 4.33. The Morgan fingerprint density at radius 3 is 2.79 bits per heavy atom. The molecule has 3 aromatic rings. The number of thiophene rings is 1. The maximum Gasteiger partial charge on any atom is 0.262 e. The number of nitrogens with one attached hydrogen (secondary N) is 2. The maximum absolute atomic E-state index is 12.6. The van der Waals surface area contributed by atoms with Gasteiger partial charge in [0.1, 0.15) is 4.83 Å². The Balaban J connectivity index is 1.41. The molecule has 0 aliphatic heterocycles. The van der Waals surface area contributed by atoms with Crippen LogP contribution in [0, 0.1) is 0 Å². The minimum Gasteiger partial charge on any atom is -0.349 e. The summed E-state index contributed by atoms with van der Waals surface area (Å²) in [7, 11) is 0. The molecule has 0 spiro atoms. The predicted octanol–water partition coefficient (Wildman–Crippen LogP) is 3.16. The summed E-state index contributed by atoms with van der Waals surface area (Å²) in [5.41, 5.74) is 0.776. The summed E-state index contributed by atoms with van der Waals surface area (Å²) in [4.78, 5) is 42.4. The summed E-state index contributed by atoms with van der Waals surface area (Å²) in [5.74, 6) is -0.431. The maximum atomic E-state index is 12.6. The Kier molecular flexibility index (Phi) is 5.71. The molecule has 0 saturated heterocycles. The molecule has 2 N–H and O–H groups in total. The molecule has 1 aliphatic rings. The van der Waals surface area contributed by atoms with Crippen LogP contribution < -0.4 is 16.2 Å². The second kappa shape index (κ2) is 8.57. The van der Waals surface area contributed by atoms with Crippen molar-refractivity contribution in [1.82, 2.24) is 14.9 Å². The van der Waals surface area contributed by atoms with E-state index in [-0.39, 0.29) is 36.4 Å². The number of hydrogen-bond donors (Lipinski definition) is 2. The van der Waals surface area contributed by atoms with Gasteiger partial charge in [-0.3, -0.25) is 19.0 Å². The molecule has 1 saturated carbocycles. The van der Waals surface area contributed by atoms with Gasteiger partial charge in [-0.05, 0) is 36.4 Å². The lowest BCUT2D eigenvalue weighted by Gasteiger charge is -2.15. The summed E-state index contributed by atoms with van der Waals surface area (Å²) < 4.78 is 1.44. The number of aromatic nitrogens is 2. The minimum absolute atomic E-state index is 0.107. The number of carbonyl (C=O) groups excluding carboxylic acids is 2. The lowest BCUT2D eigenvalue weighted by molar-refractivity contribution is -0.116. The highest BCUT2D eigenvalue weighted by atomic mass is 32.1. The van der Waals surface area contributed by atoms with Crippen molar-refractivity contribution in [3.63, 3.8) is 0 Å². The van der Waals surface area contributed by atoms with Gasteiger partial charge >= 0.3 is 0 Å².